The second-order valence-corrected chi connectivity index (χ2v) is 8.42. The van der Waals surface area contributed by atoms with E-state index in [1.165, 1.54) is 0 Å². The van der Waals surface area contributed by atoms with Crippen molar-refractivity contribution in [3.63, 3.8) is 0 Å². The second kappa shape index (κ2) is 10.7. The number of piperidine rings is 1. The lowest BCUT2D eigenvalue weighted by atomic mass is 9.98. The number of carbonyl (C=O) groups excluding carboxylic acids is 1. The smallest absolute Gasteiger partial charge is 0.257 e. The van der Waals surface area contributed by atoms with Crippen molar-refractivity contribution in [3.8, 4) is 17.2 Å². The largest absolute Gasteiger partial charge is 0.504 e. The van der Waals surface area contributed by atoms with Crippen LogP contribution in [0.4, 0.5) is 0 Å². The quantitative estimate of drug-likeness (QED) is 0.713. The molecule has 0 spiro atoms. The highest BCUT2D eigenvalue weighted by atomic mass is 16.5. The summed E-state index contributed by atoms with van der Waals surface area (Å²) in [5.41, 5.74) is 1.48. The molecule has 0 aliphatic carbocycles. The van der Waals surface area contributed by atoms with Crippen LogP contribution in [-0.4, -0.2) is 73.9 Å². The van der Waals surface area contributed by atoms with E-state index in [2.05, 4.69) is 4.90 Å². The van der Waals surface area contributed by atoms with Gasteiger partial charge in [0.1, 0.15) is 5.75 Å². The Morgan fingerprint density at radius 1 is 1.09 bits per heavy atom. The number of hydrogen-bond donors (Lipinski definition) is 1. The van der Waals surface area contributed by atoms with Crippen LogP contribution in [0.5, 0.6) is 17.2 Å². The Balaban J connectivity index is 1.36. The molecule has 1 N–H and O–H groups in total. The summed E-state index contributed by atoms with van der Waals surface area (Å²) in [6, 6.07) is 13.1. The fourth-order valence-electron chi connectivity index (χ4n) is 4.45. The Kier molecular flexibility index (Phi) is 7.50. The normalized spacial score (nSPS) is 19.5. The minimum Gasteiger partial charge on any atom is -0.504 e. The molecule has 32 heavy (non-hydrogen) atoms. The molecular formula is C25H32N2O5. The highest BCUT2D eigenvalue weighted by molar-refractivity contribution is 5.97. The first-order chi connectivity index (χ1) is 15.7. The molecule has 1 atom stereocenters. The van der Waals surface area contributed by atoms with Gasteiger partial charge in [-0.2, -0.15) is 0 Å². The van der Waals surface area contributed by atoms with Crippen molar-refractivity contribution in [2.75, 3.05) is 53.1 Å². The van der Waals surface area contributed by atoms with Gasteiger partial charge in [-0.15, -0.1) is 0 Å². The van der Waals surface area contributed by atoms with Crippen LogP contribution in [0.25, 0.3) is 0 Å². The number of phenols is 1. The van der Waals surface area contributed by atoms with Crippen molar-refractivity contribution in [1.82, 2.24) is 9.80 Å². The van der Waals surface area contributed by atoms with Gasteiger partial charge in [-0.25, -0.2) is 0 Å². The number of rotatable bonds is 7. The second-order valence-electron chi connectivity index (χ2n) is 8.42. The number of amides is 1. The average molecular weight is 441 g/mol. The van der Waals surface area contributed by atoms with E-state index in [9.17, 15) is 9.90 Å². The molecule has 2 fully saturated rings. The molecule has 2 heterocycles. The minimum absolute atomic E-state index is 0.00247. The highest BCUT2D eigenvalue weighted by Crippen LogP contribution is 2.31. The fraction of sp³-hybridized carbons (Fsp3) is 0.480. The third kappa shape index (κ3) is 5.34. The Labute approximate surface area is 189 Å². The number of carbonyl (C=O) groups is 1. The number of likely N-dealkylation sites (tertiary alicyclic amines) is 1. The lowest BCUT2D eigenvalue weighted by molar-refractivity contribution is 0.0299. The third-order valence-electron chi connectivity index (χ3n) is 6.19. The summed E-state index contributed by atoms with van der Waals surface area (Å²) in [6.07, 6.45) is 2.16. The molecule has 2 aliphatic heterocycles. The van der Waals surface area contributed by atoms with Crippen molar-refractivity contribution >= 4 is 5.91 Å². The molecule has 172 valence electrons. The summed E-state index contributed by atoms with van der Waals surface area (Å²) in [4.78, 5) is 17.1. The van der Waals surface area contributed by atoms with Gasteiger partial charge in [0.2, 0.25) is 0 Å². The standard InChI is InChI=1S/C25H32N2O5/c1-30-23-10-4-7-20(24(23)28)17-26-11-5-6-19(16-26)18-32-22-9-3-2-8-21(22)25(29)27-12-14-31-15-13-27/h2-4,7-10,19,28H,5-6,11-18H2,1H3. The Morgan fingerprint density at radius 2 is 1.88 bits per heavy atom. The zero-order chi connectivity index (χ0) is 22.3. The van der Waals surface area contributed by atoms with Crippen LogP contribution >= 0.6 is 0 Å². The van der Waals surface area contributed by atoms with Gasteiger partial charge >= 0.3 is 0 Å². The van der Waals surface area contributed by atoms with Crippen molar-refractivity contribution in [3.05, 3.63) is 53.6 Å². The molecule has 2 aromatic carbocycles. The topological polar surface area (TPSA) is 71.5 Å². The minimum atomic E-state index is 0.00247. The maximum atomic E-state index is 13.0. The van der Waals surface area contributed by atoms with Crippen LogP contribution in [0.1, 0.15) is 28.8 Å². The summed E-state index contributed by atoms with van der Waals surface area (Å²) in [5, 5.41) is 10.4. The highest BCUT2D eigenvalue weighted by Gasteiger charge is 2.24. The summed E-state index contributed by atoms with van der Waals surface area (Å²) in [7, 11) is 1.56. The predicted octanol–water partition coefficient (Wildman–Crippen LogP) is 3.16. The number of morpholine rings is 1. The molecule has 0 aromatic heterocycles. The van der Waals surface area contributed by atoms with Gasteiger partial charge in [-0.3, -0.25) is 9.69 Å². The van der Waals surface area contributed by atoms with Crippen LogP contribution in [0.3, 0.4) is 0 Å². The molecule has 2 aromatic rings. The Morgan fingerprint density at radius 3 is 2.69 bits per heavy atom. The molecule has 0 radical (unpaired) electrons. The van der Waals surface area contributed by atoms with Gasteiger partial charge in [0, 0.05) is 37.7 Å². The van der Waals surface area contributed by atoms with E-state index in [1.54, 1.807) is 13.2 Å². The number of aromatic hydroxyl groups is 1. The van der Waals surface area contributed by atoms with Crippen LogP contribution in [0.15, 0.2) is 42.5 Å². The summed E-state index contributed by atoms with van der Waals surface area (Å²) in [5.74, 6) is 1.72. The Bertz CT molecular complexity index is 913. The lowest BCUT2D eigenvalue weighted by Gasteiger charge is -2.33. The monoisotopic (exact) mass is 440 g/mol. The summed E-state index contributed by atoms with van der Waals surface area (Å²) >= 11 is 0. The summed E-state index contributed by atoms with van der Waals surface area (Å²) in [6.45, 7) is 5.49. The van der Waals surface area contributed by atoms with E-state index >= 15 is 0 Å². The van der Waals surface area contributed by atoms with Crippen LogP contribution in [0, 0.1) is 5.92 Å². The molecule has 1 amide bonds. The first-order valence-corrected chi connectivity index (χ1v) is 11.3. The van der Waals surface area contributed by atoms with E-state index in [-0.39, 0.29) is 11.7 Å². The van der Waals surface area contributed by atoms with Crippen molar-refractivity contribution in [2.24, 2.45) is 5.92 Å². The molecule has 1 unspecified atom stereocenters. The van der Waals surface area contributed by atoms with Gasteiger partial charge < -0.3 is 24.2 Å². The van der Waals surface area contributed by atoms with Gasteiger partial charge in [0.15, 0.2) is 11.5 Å². The first kappa shape index (κ1) is 22.4. The Hall–Kier alpha value is -2.77. The molecular weight excluding hydrogens is 408 g/mol. The van der Waals surface area contributed by atoms with Crippen molar-refractivity contribution in [2.45, 2.75) is 19.4 Å². The zero-order valence-corrected chi connectivity index (χ0v) is 18.7. The molecule has 7 heteroatoms. The van der Waals surface area contributed by atoms with E-state index < -0.39 is 0 Å². The lowest BCUT2D eigenvalue weighted by Crippen LogP contribution is -2.41. The number of methoxy groups -OCH3 is 1. The van der Waals surface area contributed by atoms with Crippen LogP contribution in [-0.2, 0) is 11.3 Å². The van der Waals surface area contributed by atoms with Crippen molar-refractivity contribution < 1.29 is 24.1 Å². The van der Waals surface area contributed by atoms with Gasteiger partial charge in [0.25, 0.3) is 5.91 Å². The molecule has 0 saturated carbocycles. The van der Waals surface area contributed by atoms with E-state index in [0.29, 0.717) is 62.4 Å². The molecule has 4 rings (SSSR count). The number of benzene rings is 2. The number of phenolic OH excluding ortho intramolecular Hbond substituents is 1. The average Bonchev–Trinajstić information content (AvgIpc) is 2.84. The summed E-state index contributed by atoms with van der Waals surface area (Å²) < 4.78 is 16.8. The number of nitrogens with zero attached hydrogens (tertiary/aromatic N) is 2. The van der Waals surface area contributed by atoms with Gasteiger partial charge in [0.05, 0.1) is 32.5 Å². The number of para-hydroxylation sites is 2. The SMILES string of the molecule is COc1cccc(CN2CCCC(COc3ccccc3C(=O)N3CCOCC3)C2)c1O. The molecule has 7 nitrogen and oxygen atoms in total. The molecule has 2 saturated heterocycles. The predicted molar refractivity (Wildman–Crippen MR) is 121 cm³/mol. The van der Waals surface area contributed by atoms with Crippen LogP contribution < -0.4 is 9.47 Å². The van der Waals surface area contributed by atoms with E-state index in [0.717, 1.165) is 31.5 Å². The maximum Gasteiger partial charge on any atom is 0.257 e. The van der Waals surface area contributed by atoms with Gasteiger partial charge in [-0.1, -0.05) is 24.3 Å². The number of ether oxygens (including phenoxy) is 3. The first-order valence-electron chi connectivity index (χ1n) is 11.3. The van der Waals surface area contributed by atoms with Crippen molar-refractivity contribution in [1.29, 1.82) is 0 Å². The number of hydrogen-bond acceptors (Lipinski definition) is 6. The third-order valence-corrected chi connectivity index (χ3v) is 6.19. The molecule has 2 aliphatic rings. The zero-order valence-electron chi connectivity index (χ0n) is 18.7. The fourth-order valence-corrected chi connectivity index (χ4v) is 4.45. The van der Waals surface area contributed by atoms with E-state index in [4.69, 9.17) is 14.2 Å². The van der Waals surface area contributed by atoms with E-state index in [1.807, 2.05) is 41.3 Å². The van der Waals surface area contributed by atoms with Gasteiger partial charge in [-0.05, 0) is 37.6 Å². The maximum absolute atomic E-state index is 13.0. The molecule has 0 bridgehead atoms. The van der Waals surface area contributed by atoms with Crippen LogP contribution in [0.2, 0.25) is 0 Å².